The van der Waals surface area contributed by atoms with Gasteiger partial charge in [-0.2, -0.15) is 0 Å². The van der Waals surface area contributed by atoms with Crippen LogP contribution in [0.1, 0.15) is 23.8 Å². The highest BCUT2D eigenvalue weighted by Crippen LogP contribution is 2.31. The summed E-state index contributed by atoms with van der Waals surface area (Å²) in [4.78, 5) is 23.3. The zero-order valence-corrected chi connectivity index (χ0v) is 19.5. The first-order valence-electron chi connectivity index (χ1n) is 10.4. The number of thiophene rings is 1. The zero-order chi connectivity index (χ0) is 20.9. The molecule has 0 atom stereocenters. The van der Waals surface area contributed by atoms with Crippen molar-refractivity contribution in [1.82, 2.24) is 9.88 Å². The Morgan fingerprint density at radius 2 is 2.07 bits per heavy atom. The van der Waals surface area contributed by atoms with Gasteiger partial charge in [-0.25, -0.2) is 4.98 Å². The molecule has 8 heteroatoms. The SMILES string of the molecule is CCc1ccc2nc(N(CCCN3CCOCC3)C(=O)Cc3ccc(Cl)s3)sc2c1. The highest BCUT2D eigenvalue weighted by atomic mass is 35.5. The van der Waals surface area contributed by atoms with Crippen molar-refractivity contribution in [2.75, 3.05) is 44.3 Å². The van der Waals surface area contributed by atoms with Crippen LogP contribution >= 0.6 is 34.3 Å². The van der Waals surface area contributed by atoms with Crippen LogP contribution in [0.5, 0.6) is 0 Å². The molecular formula is C22H26ClN3O2S2. The fraction of sp³-hybridized carbons (Fsp3) is 0.455. The molecule has 0 aliphatic carbocycles. The maximum atomic E-state index is 13.2. The van der Waals surface area contributed by atoms with Gasteiger partial charge in [0.15, 0.2) is 5.13 Å². The number of rotatable bonds is 8. The average Bonchev–Trinajstić information content (AvgIpc) is 3.36. The number of amides is 1. The van der Waals surface area contributed by atoms with Gasteiger partial charge in [0.05, 0.1) is 34.2 Å². The van der Waals surface area contributed by atoms with E-state index in [1.807, 2.05) is 17.0 Å². The van der Waals surface area contributed by atoms with Crippen molar-refractivity contribution in [3.8, 4) is 0 Å². The number of benzene rings is 1. The first-order chi connectivity index (χ1) is 14.6. The minimum atomic E-state index is 0.0743. The van der Waals surface area contributed by atoms with E-state index in [1.165, 1.54) is 16.9 Å². The minimum absolute atomic E-state index is 0.0743. The van der Waals surface area contributed by atoms with Crippen LogP contribution in [-0.4, -0.2) is 55.2 Å². The quantitative estimate of drug-likeness (QED) is 0.478. The lowest BCUT2D eigenvalue weighted by Gasteiger charge is -2.27. The Hall–Kier alpha value is -1.51. The Bertz CT molecular complexity index is 997. The molecule has 0 N–H and O–H groups in total. The van der Waals surface area contributed by atoms with Gasteiger partial charge in [-0.15, -0.1) is 11.3 Å². The Morgan fingerprint density at radius 1 is 1.23 bits per heavy atom. The van der Waals surface area contributed by atoms with Gasteiger partial charge in [-0.3, -0.25) is 14.6 Å². The summed E-state index contributed by atoms with van der Waals surface area (Å²) < 4.78 is 7.28. The summed E-state index contributed by atoms with van der Waals surface area (Å²) >= 11 is 9.13. The van der Waals surface area contributed by atoms with E-state index in [4.69, 9.17) is 21.3 Å². The molecule has 1 fully saturated rings. The van der Waals surface area contributed by atoms with Gasteiger partial charge in [0.1, 0.15) is 0 Å². The number of carbonyl (C=O) groups is 1. The molecule has 4 rings (SSSR count). The summed E-state index contributed by atoms with van der Waals surface area (Å²) in [6, 6.07) is 10.1. The second kappa shape index (κ2) is 10.2. The lowest BCUT2D eigenvalue weighted by molar-refractivity contribution is -0.118. The van der Waals surface area contributed by atoms with Crippen LogP contribution in [-0.2, 0) is 22.4 Å². The van der Waals surface area contributed by atoms with E-state index in [0.29, 0.717) is 17.3 Å². The number of fused-ring (bicyclic) bond motifs is 1. The third kappa shape index (κ3) is 5.39. The van der Waals surface area contributed by atoms with E-state index in [9.17, 15) is 4.79 Å². The molecule has 3 heterocycles. The first kappa shape index (κ1) is 21.7. The molecule has 0 spiro atoms. The maximum absolute atomic E-state index is 13.2. The molecule has 30 heavy (non-hydrogen) atoms. The number of aromatic nitrogens is 1. The van der Waals surface area contributed by atoms with E-state index < -0.39 is 0 Å². The summed E-state index contributed by atoms with van der Waals surface area (Å²) in [5.41, 5.74) is 2.24. The van der Waals surface area contributed by atoms with Crippen molar-refractivity contribution in [2.24, 2.45) is 0 Å². The Morgan fingerprint density at radius 3 is 2.80 bits per heavy atom. The van der Waals surface area contributed by atoms with Gasteiger partial charge in [0.2, 0.25) is 5.91 Å². The summed E-state index contributed by atoms with van der Waals surface area (Å²) in [7, 11) is 0. The third-order valence-corrected chi connectivity index (χ3v) is 7.57. The van der Waals surface area contributed by atoms with E-state index >= 15 is 0 Å². The summed E-state index contributed by atoms with van der Waals surface area (Å²) in [5.74, 6) is 0.0743. The Kier molecular flexibility index (Phi) is 7.38. The van der Waals surface area contributed by atoms with Crippen LogP contribution in [0.2, 0.25) is 4.34 Å². The number of carbonyl (C=O) groups excluding carboxylic acids is 1. The number of anilines is 1. The lowest BCUT2D eigenvalue weighted by Crippen LogP contribution is -2.39. The van der Waals surface area contributed by atoms with Crippen LogP contribution in [0.15, 0.2) is 30.3 Å². The van der Waals surface area contributed by atoms with Crippen LogP contribution < -0.4 is 4.90 Å². The molecule has 2 aromatic heterocycles. The second-order valence-electron chi connectivity index (χ2n) is 7.39. The highest BCUT2D eigenvalue weighted by Gasteiger charge is 2.21. The number of aryl methyl sites for hydroxylation is 1. The average molecular weight is 464 g/mol. The number of hydrogen-bond acceptors (Lipinski definition) is 6. The molecule has 1 saturated heterocycles. The van der Waals surface area contributed by atoms with Gasteiger partial charge in [-0.05, 0) is 42.7 Å². The molecule has 1 amide bonds. The molecule has 1 aliphatic rings. The van der Waals surface area contributed by atoms with Crippen molar-refractivity contribution in [3.63, 3.8) is 0 Å². The van der Waals surface area contributed by atoms with E-state index in [-0.39, 0.29) is 5.91 Å². The molecule has 3 aromatic rings. The van der Waals surface area contributed by atoms with Gasteiger partial charge in [0.25, 0.3) is 0 Å². The molecule has 0 radical (unpaired) electrons. The van der Waals surface area contributed by atoms with Gasteiger partial charge in [0, 0.05) is 31.1 Å². The monoisotopic (exact) mass is 463 g/mol. The topological polar surface area (TPSA) is 45.7 Å². The Balaban J connectivity index is 1.51. The third-order valence-electron chi connectivity index (χ3n) is 5.30. The van der Waals surface area contributed by atoms with E-state index in [1.54, 1.807) is 11.3 Å². The van der Waals surface area contributed by atoms with Crippen molar-refractivity contribution in [3.05, 3.63) is 45.1 Å². The normalized spacial score (nSPS) is 15.0. The fourth-order valence-corrected chi connectivity index (χ4v) is 5.74. The molecule has 160 valence electrons. The van der Waals surface area contributed by atoms with Crippen LogP contribution in [0.25, 0.3) is 10.2 Å². The van der Waals surface area contributed by atoms with Crippen LogP contribution in [0, 0.1) is 0 Å². The first-order valence-corrected chi connectivity index (χ1v) is 12.4. The number of halogens is 1. The minimum Gasteiger partial charge on any atom is -0.379 e. The summed E-state index contributed by atoms with van der Waals surface area (Å²) in [5, 5.41) is 0.785. The van der Waals surface area contributed by atoms with Crippen molar-refractivity contribution in [2.45, 2.75) is 26.2 Å². The lowest BCUT2D eigenvalue weighted by atomic mass is 10.2. The van der Waals surface area contributed by atoms with Gasteiger partial charge >= 0.3 is 0 Å². The summed E-state index contributed by atoms with van der Waals surface area (Å²) in [6.07, 6.45) is 2.25. The highest BCUT2D eigenvalue weighted by molar-refractivity contribution is 7.22. The van der Waals surface area contributed by atoms with Crippen molar-refractivity contribution in [1.29, 1.82) is 0 Å². The smallest absolute Gasteiger partial charge is 0.234 e. The molecule has 1 aliphatic heterocycles. The predicted molar refractivity (Wildman–Crippen MR) is 126 cm³/mol. The molecule has 1 aromatic carbocycles. The molecule has 0 unspecified atom stereocenters. The molecular weight excluding hydrogens is 438 g/mol. The molecule has 5 nitrogen and oxygen atoms in total. The molecule has 0 saturated carbocycles. The number of morpholine rings is 1. The van der Waals surface area contributed by atoms with Crippen LogP contribution in [0.3, 0.4) is 0 Å². The maximum Gasteiger partial charge on any atom is 0.234 e. The van der Waals surface area contributed by atoms with E-state index in [2.05, 4.69) is 30.0 Å². The number of hydrogen-bond donors (Lipinski definition) is 0. The number of nitrogens with zero attached hydrogens (tertiary/aromatic N) is 3. The van der Waals surface area contributed by atoms with Crippen molar-refractivity contribution >= 4 is 55.5 Å². The second-order valence-corrected chi connectivity index (χ2v) is 10.2. The fourth-order valence-electron chi connectivity index (χ4n) is 3.59. The zero-order valence-electron chi connectivity index (χ0n) is 17.1. The Labute approximate surface area is 190 Å². The number of thiazole rings is 1. The standard InChI is InChI=1S/C22H26ClN3O2S2/c1-2-16-4-6-18-19(14-16)30-22(24-18)26(9-3-8-25-10-12-28-13-11-25)21(27)15-17-5-7-20(23)29-17/h4-7,14H,2-3,8-13,15H2,1H3. The predicted octanol–water partition coefficient (Wildman–Crippen LogP) is 4.87. The van der Waals surface area contributed by atoms with Crippen LogP contribution in [0.4, 0.5) is 5.13 Å². The van der Waals surface area contributed by atoms with Gasteiger partial charge in [-0.1, -0.05) is 35.9 Å². The number of ether oxygens (including phenoxy) is 1. The van der Waals surface area contributed by atoms with E-state index in [0.717, 1.165) is 65.9 Å². The van der Waals surface area contributed by atoms with Crippen molar-refractivity contribution < 1.29 is 9.53 Å². The summed E-state index contributed by atoms with van der Waals surface area (Å²) in [6.45, 7) is 7.28. The van der Waals surface area contributed by atoms with Gasteiger partial charge < -0.3 is 4.74 Å². The molecule has 0 bridgehead atoms. The largest absolute Gasteiger partial charge is 0.379 e.